The maximum atomic E-state index is 12.5. The third-order valence-electron chi connectivity index (χ3n) is 4.40. The van der Waals surface area contributed by atoms with Crippen molar-refractivity contribution in [2.75, 3.05) is 17.5 Å². The lowest BCUT2D eigenvalue weighted by molar-refractivity contribution is -0.119. The van der Waals surface area contributed by atoms with Crippen LogP contribution >= 0.6 is 0 Å². The number of methoxy groups -OCH3 is 1. The van der Waals surface area contributed by atoms with Crippen LogP contribution < -0.4 is 15.2 Å². The Labute approximate surface area is 168 Å². The Hall–Kier alpha value is -4.17. The molecule has 1 unspecified atom stereocenters. The molecule has 0 spiro atoms. The minimum absolute atomic E-state index is 0.0300. The smallest absolute Gasteiger partial charge is 0.248 e. The zero-order chi connectivity index (χ0) is 20.8. The van der Waals surface area contributed by atoms with Gasteiger partial charge in [-0.25, -0.2) is 5.01 Å². The summed E-state index contributed by atoms with van der Waals surface area (Å²) in [4.78, 5) is 12.5. The molecule has 8 heteroatoms. The van der Waals surface area contributed by atoms with Gasteiger partial charge in [-0.05, 0) is 42.0 Å². The van der Waals surface area contributed by atoms with E-state index in [-0.39, 0.29) is 17.5 Å². The second-order valence-electron chi connectivity index (χ2n) is 6.37. The highest BCUT2D eigenvalue weighted by molar-refractivity contribution is 6.11. The van der Waals surface area contributed by atoms with E-state index < -0.39 is 0 Å². The van der Waals surface area contributed by atoms with E-state index in [0.29, 0.717) is 23.5 Å². The number of rotatable bonds is 5. The molecule has 0 fully saturated rings. The summed E-state index contributed by atoms with van der Waals surface area (Å²) in [5, 5.41) is 27.2. The summed E-state index contributed by atoms with van der Waals surface area (Å²) in [5.41, 5.74) is 5.38. The van der Waals surface area contributed by atoms with Gasteiger partial charge in [-0.2, -0.15) is 20.7 Å². The Morgan fingerprint density at radius 1 is 1.17 bits per heavy atom. The lowest BCUT2D eigenvalue weighted by Gasteiger charge is -2.27. The number of hydrazone groups is 2. The first-order valence-electron chi connectivity index (χ1n) is 8.85. The Morgan fingerprint density at radius 2 is 1.83 bits per heavy atom. The molecular formula is C21H18N6O2. The van der Waals surface area contributed by atoms with Crippen molar-refractivity contribution in [2.24, 2.45) is 16.1 Å². The molecule has 1 heterocycles. The van der Waals surface area contributed by atoms with Gasteiger partial charge < -0.3 is 4.74 Å². The zero-order valence-electron chi connectivity index (χ0n) is 16.0. The summed E-state index contributed by atoms with van der Waals surface area (Å²) in [6, 6.07) is 17.8. The number of benzene rings is 2. The predicted octanol–water partition coefficient (Wildman–Crippen LogP) is 3.29. The van der Waals surface area contributed by atoms with Crippen molar-refractivity contribution in [3.05, 3.63) is 54.1 Å². The fraction of sp³-hybridized carbons (Fsp3) is 0.190. The third kappa shape index (κ3) is 4.40. The molecular weight excluding hydrogens is 368 g/mol. The van der Waals surface area contributed by atoms with Crippen molar-refractivity contribution in [3.8, 4) is 17.9 Å². The number of amides is 1. The Kier molecular flexibility index (Phi) is 5.86. The van der Waals surface area contributed by atoms with Gasteiger partial charge in [0.25, 0.3) is 0 Å². The van der Waals surface area contributed by atoms with Crippen LogP contribution in [-0.4, -0.2) is 24.4 Å². The largest absolute Gasteiger partial charge is 0.497 e. The van der Waals surface area contributed by atoms with Gasteiger partial charge in [0.1, 0.15) is 17.9 Å². The van der Waals surface area contributed by atoms with Crippen LogP contribution in [0.25, 0.3) is 0 Å². The normalized spacial score (nSPS) is 15.6. The van der Waals surface area contributed by atoms with Gasteiger partial charge in [-0.15, -0.1) is 0 Å². The van der Waals surface area contributed by atoms with Gasteiger partial charge in [0, 0.05) is 12.3 Å². The molecule has 8 nitrogen and oxygen atoms in total. The number of anilines is 2. The van der Waals surface area contributed by atoms with Gasteiger partial charge in [0.05, 0.1) is 24.2 Å². The first-order valence-corrected chi connectivity index (χ1v) is 8.85. The molecule has 0 aromatic heterocycles. The summed E-state index contributed by atoms with van der Waals surface area (Å²) in [7, 11) is 1.59. The number of carbonyl (C=O) groups is 1. The van der Waals surface area contributed by atoms with Gasteiger partial charge in [-0.3, -0.25) is 10.2 Å². The molecule has 0 aliphatic carbocycles. The van der Waals surface area contributed by atoms with Gasteiger partial charge in [0.2, 0.25) is 11.6 Å². The monoisotopic (exact) mass is 386 g/mol. The molecule has 1 N–H and O–H groups in total. The number of nitrogens with one attached hydrogen (secondary N) is 1. The van der Waals surface area contributed by atoms with Crippen molar-refractivity contribution in [3.63, 3.8) is 0 Å². The average molecular weight is 386 g/mol. The molecule has 1 aliphatic rings. The number of carbonyl (C=O) groups excluding carboxylic acids is 1. The van der Waals surface area contributed by atoms with Crippen LogP contribution in [-0.2, 0) is 4.79 Å². The third-order valence-corrected chi connectivity index (χ3v) is 4.40. The maximum absolute atomic E-state index is 12.5. The summed E-state index contributed by atoms with van der Waals surface area (Å²) >= 11 is 0. The molecule has 0 bridgehead atoms. The quantitative estimate of drug-likeness (QED) is 0.626. The highest BCUT2D eigenvalue weighted by Gasteiger charge is 2.28. The van der Waals surface area contributed by atoms with E-state index in [1.807, 2.05) is 19.1 Å². The van der Waals surface area contributed by atoms with Crippen LogP contribution in [0.5, 0.6) is 5.75 Å². The molecule has 2 aromatic carbocycles. The van der Waals surface area contributed by atoms with Crippen molar-refractivity contribution >= 4 is 28.7 Å². The number of hydrogen-bond acceptors (Lipinski definition) is 7. The van der Waals surface area contributed by atoms with Crippen LogP contribution in [0.2, 0.25) is 0 Å². The maximum Gasteiger partial charge on any atom is 0.248 e. The van der Waals surface area contributed by atoms with E-state index in [1.165, 1.54) is 5.01 Å². The molecule has 3 rings (SSSR count). The van der Waals surface area contributed by atoms with Gasteiger partial charge in [0.15, 0.2) is 0 Å². The van der Waals surface area contributed by atoms with E-state index in [4.69, 9.17) is 15.3 Å². The SMILES string of the molecule is COc1ccc(N2N=C(c3ccc(NN=C(C#N)C#N)cc3)C(C)CC2=O)cc1. The first kappa shape index (κ1) is 19.6. The van der Waals surface area contributed by atoms with E-state index >= 15 is 0 Å². The summed E-state index contributed by atoms with van der Waals surface area (Å²) in [6.07, 6.45) is 0.350. The number of ether oxygens (including phenoxy) is 1. The number of hydrogen-bond donors (Lipinski definition) is 1. The minimum Gasteiger partial charge on any atom is -0.497 e. The minimum atomic E-state index is -0.256. The molecule has 0 saturated carbocycles. The molecule has 1 aliphatic heterocycles. The molecule has 0 saturated heterocycles. The summed E-state index contributed by atoms with van der Waals surface area (Å²) < 4.78 is 5.16. The Balaban J connectivity index is 1.86. The standard InChI is InChI=1S/C21H18N6O2/c1-14-11-20(28)27(18-7-9-19(29-2)10-8-18)26-21(14)15-3-5-16(6-4-15)24-25-17(12-22)13-23/h3-10,14,24H,11H2,1-2H3. The van der Waals surface area contributed by atoms with Crippen molar-refractivity contribution in [1.29, 1.82) is 10.5 Å². The fourth-order valence-corrected chi connectivity index (χ4v) is 2.89. The van der Waals surface area contributed by atoms with E-state index in [9.17, 15) is 4.79 Å². The molecule has 0 radical (unpaired) electrons. The Bertz CT molecular complexity index is 1030. The highest BCUT2D eigenvalue weighted by atomic mass is 16.5. The predicted molar refractivity (Wildman–Crippen MR) is 110 cm³/mol. The van der Waals surface area contributed by atoms with Crippen LogP contribution in [0.15, 0.2) is 58.7 Å². The van der Waals surface area contributed by atoms with E-state index in [2.05, 4.69) is 15.6 Å². The van der Waals surface area contributed by atoms with Crippen LogP contribution in [0.3, 0.4) is 0 Å². The number of nitriles is 2. The van der Waals surface area contributed by atoms with E-state index in [1.54, 1.807) is 55.6 Å². The fourth-order valence-electron chi connectivity index (χ4n) is 2.89. The van der Waals surface area contributed by atoms with Crippen molar-refractivity contribution in [2.45, 2.75) is 13.3 Å². The zero-order valence-corrected chi connectivity index (χ0v) is 16.0. The Morgan fingerprint density at radius 3 is 2.41 bits per heavy atom. The highest BCUT2D eigenvalue weighted by Crippen LogP contribution is 2.27. The van der Waals surface area contributed by atoms with E-state index in [0.717, 1.165) is 11.3 Å². The lowest BCUT2D eigenvalue weighted by atomic mass is 9.93. The van der Waals surface area contributed by atoms with Crippen LogP contribution in [0.1, 0.15) is 18.9 Å². The molecule has 144 valence electrons. The number of nitrogens with zero attached hydrogens (tertiary/aromatic N) is 5. The topological polar surface area (TPSA) is 114 Å². The lowest BCUT2D eigenvalue weighted by Crippen LogP contribution is -2.36. The molecule has 1 atom stereocenters. The molecule has 2 aromatic rings. The molecule has 1 amide bonds. The molecule has 29 heavy (non-hydrogen) atoms. The average Bonchev–Trinajstić information content (AvgIpc) is 2.75. The van der Waals surface area contributed by atoms with Gasteiger partial charge in [-0.1, -0.05) is 19.1 Å². The van der Waals surface area contributed by atoms with Crippen molar-refractivity contribution in [1.82, 2.24) is 0 Å². The second-order valence-corrected chi connectivity index (χ2v) is 6.37. The van der Waals surface area contributed by atoms with Crippen molar-refractivity contribution < 1.29 is 9.53 Å². The summed E-state index contributed by atoms with van der Waals surface area (Å²) in [6.45, 7) is 1.96. The van der Waals surface area contributed by atoms with Crippen LogP contribution in [0.4, 0.5) is 11.4 Å². The van der Waals surface area contributed by atoms with Gasteiger partial charge >= 0.3 is 0 Å². The first-order chi connectivity index (χ1) is 14.0. The summed E-state index contributed by atoms with van der Waals surface area (Å²) in [5.74, 6) is 0.606. The van der Waals surface area contributed by atoms with Crippen LogP contribution in [0, 0.1) is 28.6 Å². The second kappa shape index (κ2) is 8.68.